The molecule has 2 aliphatic rings. The minimum Gasteiger partial charge on any atom is -0.466 e. The van der Waals surface area contributed by atoms with Crippen molar-refractivity contribution in [3.8, 4) is 0 Å². The highest BCUT2D eigenvalue weighted by molar-refractivity contribution is 7.89. The molecule has 1 N–H and O–H groups in total. The van der Waals surface area contributed by atoms with Crippen LogP contribution in [0.1, 0.15) is 50.5 Å². The van der Waals surface area contributed by atoms with Crippen molar-refractivity contribution in [2.75, 3.05) is 13.2 Å². The van der Waals surface area contributed by atoms with Crippen LogP contribution in [0.15, 0.2) is 35.2 Å². The number of carbonyl (C=O) groups is 1. The van der Waals surface area contributed by atoms with E-state index in [9.17, 15) is 13.2 Å². The first kappa shape index (κ1) is 18.7. The maximum absolute atomic E-state index is 12.2. The Morgan fingerprint density at radius 3 is 2.54 bits per heavy atom. The molecular formula is C18H25NO4S. The van der Waals surface area contributed by atoms with Gasteiger partial charge in [-0.25, -0.2) is 13.1 Å². The van der Waals surface area contributed by atoms with E-state index in [4.69, 9.17) is 4.74 Å². The number of fused-ring (bicyclic) bond motifs is 15. The topological polar surface area (TPSA) is 72.5 Å². The Morgan fingerprint density at radius 1 is 0.958 bits per heavy atom. The van der Waals surface area contributed by atoms with E-state index in [2.05, 4.69) is 10.8 Å². The second kappa shape index (κ2) is 9.59. The van der Waals surface area contributed by atoms with Gasteiger partial charge in [0.05, 0.1) is 11.5 Å². The Morgan fingerprint density at radius 2 is 1.75 bits per heavy atom. The molecule has 1 aromatic rings. The average molecular weight is 351 g/mol. The monoisotopic (exact) mass is 351 g/mol. The number of hydrogen-bond donors (Lipinski definition) is 1. The number of benzene rings is 1. The molecule has 3 rings (SSSR count). The standard InChI is InChI=1S/C18H25NO4S/c20-18-9-5-3-6-14-19-24(21,22)17-12-10-16(11-13-17)8-4-1-2-7-15-23-18/h4,8,10-13,19H,1-3,5-7,9,14-15H2/b8-4+. The van der Waals surface area contributed by atoms with Crippen molar-refractivity contribution in [1.29, 1.82) is 0 Å². The van der Waals surface area contributed by atoms with Crippen LogP contribution in [0.2, 0.25) is 0 Å². The summed E-state index contributed by atoms with van der Waals surface area (Å²) in [6.07, 6.45) is 9.36. The zero-order valence-electron chi connectivity index (χ0n) is 13.9. The summed E-state index contributed by atoms with van der Waals surface area (Å²) >= 11 is 0. The van der Waals surface area contributed by atoms with Crippen LogP contribution in [-0.4, -0.2) is 27.5 Å². The smallest absolute Gasteiger partial charge is 0.305 e. The summed E-state index contributed by atoms with van der Waals surface area (Å²) in [6, 6.07) is 6.87. The van der Waals surface area contributed by atoms with Gasteiger partial charge in [-0.05, 0) is 49.8 Å². The van der Waals surface area contributed by atoms with Crippen LogP contribution in [0, 0.1) is 0 Å². The second-order valence-electron chi connectivity index (χ2n) is 5.90. The van der Waals surface area contributed by atoms with Crippen LogP contribution in [-0.2, 0) is 19.6 Å². The predicted octanol–water partition coefficient (Wildman–Crippen LogP) is 3.27. The van der Waals surface area contributed by atoms with Crippen LogP contribution < -0.4 is 4.72 Å². The number of esters is 1. The fourth-order valence-electron chi connectivity index (χ4n) is 2.46. The molecule has 6 heteroatoms. The third kappa shape index (κ3) is 6.45. The maximum Gasteiger partial charge on any atom is 0.305 e. The van der Waals surface area contributed by atoms with Gasteiger partial charge in [0, 0.05) is 13.0 Å². The summed E-state index contributed by atoms with van der Waals surface area (Å²) in [6.45, 7) is 0.847. The highest BCUT2D eigenvalue weighted by Gasteiger charge is 2.12. The van der Waals surface area contributed by atoms with Crippen LogP contribution in [0.5, 0.6) is 0 Å². The highest BCUT2D eigenvalue weighted by atomic mass is 32.2. The van der Waals surface area contributed by atoms with E-state index in [1.54, 1.807) is 24.3 Å². The third-order valence-electron chi connectivity index (χ3n) is 3.88. The lowest BCUT2D eigenvalue weighted by atomic mass is 10.1. The lowest BCUT2D eigenvalue weighted by Gasteiger charge is -2.07. The van der Waals surface area contributed by atoms with Crippen molar-refractivity contribution in [2.24, 2.45) is 0 Å². The van der Waals surface area contributed by atoms with Gasteiger partial charge < -0.3 is 4.74 Å². The molecule has 0 atom stereocenters. The highest BCUT2D eigenvalue weighted by Crippen LogP contribution is 2.13. The summed E-state index contributed by atoms with van der Waals surface area (Å²) in [5.74, 6) is -0.165. The van der Waals surface area contributed by atoms with E-state index in [-0.39, 0.29) is 10.9 Å². The minimum atomic E-state index is -3.47. The van der Waals surface area contributed by atoms with E-state index in [0.717, 1.165) is 37.7 Å². The first-order valence-corrected chi connectivity index (χ1v) is 9.98. The van der Waals surface area contributed by atoms with Gasteiger partial charge in [0.2, 0.25) is 10.0 Å². The van der Waals surface area contributed by atoms with Gasteiger partial charge in [-0.15, -0.1) is 0 Å². The molecule has 0 radical (unpaired) electrons. The molecule has 0 saturated carbocycles. The van der Waals surface area contributed by atoms with Crippen LogP contribution in [0.25, 0.3) is 6.08 Å². The largest absolute Gasteiger partial charge is 0.466 e. The zero-order valence-corrected chi connectivity index (χ0v) is 14.7. The Labute approximate surface area is 144 Å². The molecule has 132 valence electrons. The van der Waals surface area contributed by atoms with Gasteiger partial charge in [-0.1, -0.05) is 30.7 Å². The molecule has 0 spiro atoms. The van der Waals surface area contributed by atoms with Crippen molar-refractivity contribution in [3.05, 3.63) is 35.9 Å². The van der Waals surface area contributed by atoms with Crippen LogP contribution in [0.3, 0.4) is 0 Å². The number of hydrogen-bond acceptors (Lipinski definition) is 4. The van der Waals surface area contributed by atoms with Crippen LogP contribution in [0.4, 0.5) is 0 Å². The van der Waals surface area contributed by atoms with E-state index in [1.807, 2.05) is 6.08 Å². The molecule has 5 nitrogen and oxygen atoms in total. The van der Waals surface area contributed by atoms with Crippen molar-refractivity contribution >= 4 is 22.1 Å². The molecule has 2 heterocycles. The van der Waals surface area contributed by atoms with Crippen molar-refractivity contribution in [2.45, 2.75) is 49.8 Å². The predicted molar refractivity (Wildman–Crippen MR) is 93.9 cm³/mol. The van der Waals surface area contributed by atoms with Gasteiger partial charge in [0.25, 0.3) is 0 Å². The first-order chi connectivity index (χ1) is 11.6. The number of allylic oxidation sites excluding steroid dienone is 1. The molecular weight excluding hydrogens is 326 g/mol. The second-order valence-corrected chi connectivity index (χ2v) is 7.66. The van der Waals surface area contributed by atoms with Crippen molar-refractivity contribution in [1.82, 2.24) is 4.72 Å². The lowest BCUT2D eigenvalue weighted by Crippen LogP contribution is -2.24. The molecule has 2 aliphatic heterocycles. The Bertz CT molecular complexity index is 650. The van der Waals surface area contributed by atoms with E-state index >= 15 is 0 Å². The molecule has 0 fully saturated rings. The summed E-state index contributed by atoms with van der Waals surface area (Å²) in [7, 11) is -3.47. The SMILES string of the molecule is O=C1CCCCCNS(=O)(=O)c2ccc(cc2)/C=C/CCCCO1. The lowest BCUT2D eigenvalue weighted by molar-refractivity contribution is -0.143. The first-order valence-electron chi connectivity index (χ1n) is 8.50. The van der Waals surface area contributed by atoms with Gasteiger partial charge >= 0.3 is 5.97 Å². The molecule has 0 aliphatic carbocycles. The van der Waals surface area contributed by atoms with Gasteiger partial charge in [0.1, 0.15) is 0 Å². The number of ether oxygens (including phenoxy) is 1. The number of carbonyl (C=O) groups excluding carboxylic acids is 1. The molecule has 1 aromatic carbocycles. The molecule has 0 saturated heterocycles. The van der Waals surface area contributed by atoms with Gasteiger partial charge in [0.15, 0.2) is 0 Å². The fraction of sp³-hybridized carbons (Fsp3) is 0.500. The molecule has 0 unspecified atom stereocenters. The quantitative estimate of drug-likeness (QED) is 0.728. The fourth-order valence-corrected chi connectivity index (χ4v) is 3.54. The molecule has 24 heavy (non-hydrogen) atoms. The molecule has 0 amide bonds. The molecule has 0 aromatic heterocycles. The van der Waals surface area contributed by atoms with Gasteiger partial charge in [-0.2, -0.15) is 0 Å². The van der Waals surface area contributed by atoms with Crippen LogP contribution >= 0.6 is 0 Å². The summed E-state index contributed by atoms with van der Waals surface area (Å²) in [5.41, 5.74) is 0.971. The maximum atomic E-state index is 12.2. The number of rotatable bonds is 0. The zero-order chi connectivity index (χ0) is 17.3. The Hall–Kier alpha value is -1.66. The number of nitrogens with one attached hydrogen (secondary N) is 1. The average Bonchev–Trinajstić information content (AvgIpc) is 2.57. The Balaban J connectivity index is 2.01. The molecule has 2 bridgehead atoms. The summed E-state index contributed by atoms with van der Waals surface area (Å²) in [4.78, 5) is 11.8. The van der Waals surface area contributed by atoms with E-state index in [1.165, 1.54) is 0 Å². The van der Waals surface area contributed by atoms with E-state index < -0.39 is 10.0 Å². The van der Waals surface area contributed by atoms with Gasteiger partial charge in [-0.3, -0.25) is 4.79 Å². The summed E-state index contributed by atoms with van der Waals surface area (Å²) in [5, 5.41) is 0. The number of sulfonamides is 1. The minimum absolute atomic E-state index is 0.165. The third-order valence-corrected chi connectivity index (χ3v) is 5.36. The Kier molecular flexibility index (Phi) is 7.46. The normalized spacial score (nSPS) is 21.9. The van der Waals surface area contributed by atoms with Crippen molar-refractivity contribution in [3.63, 3.8) is 0 Å². The van der Waals surface area contributed by atoms with E-state index in [0.29, 0.717) is 26.0 Å². The van der Waals surface area contributed by atoms with Crippen molar-refractivity contribution < 1.29 is 17.9 Å². The summed E-state index contributed by atoms with van der Waals surface area (Å²) < 4.78 is 32.2.